The van der Waals surface area contributed by atoms with E-state index in [0.717, 1.165) is 23.1 Å². The third kappa shape index (κ3) is 3.94. The fourth-order valence-corrected chi connectivity index (χ4v) is 5.68. The molecule has 0 bridgehead atoms. The zero-order chi connectivity index (χ0) is 23.8. The number of fused-ring (bicyclic) bond motifs is 3. The van der Waals surface area contributed by atoms with Crippen LogP contribution in [0.3, 0.4) is 0 Å². The number of aliphatic hydroxyl groups is 2. The monoisotopic (exact) mass is 463 g/mol. The predicted octanol–water partition coefficient (Wildman–Crippen LogP) is 3.47. The molecular weight excluding hydrogens is 434 g/mol. The van der Waals surface area contributed by atoms with Gasteiger partial charge in [0, 0.05) is 5.92 Å². The number of hydrogen-bond acceptors (Lipinski definition) is 6. The maximum Gasteiger partial charge on any atom is 0.238 e. The van der Waals surface area contributed by atoms with E-state index in [0.29, 0.717) is 36.7 Å². The second-order valence-corrected chi connectivity index (χ2v) is 9.32. The van der Waals surface area contributed by atoms with Crippen LogP contribution in [0.5, 0.6) is 0 Å². The van der Waals surface area contributed by atoms with Crippen molar-refractivity contribution < 1.29 is 29.0 Å². The van der Waals surface area contributed by atoms with E-state index in [9.17, 15) is 14.7 Å². The predicted molar refractivity (Wildman–Crippen MR) is 125 cm³/mol. The molecule has 34 heavy (non-hydrogen) atoms. The van der Waals surface area contributed by atoms with Gasteiger partial charge in [0.2, 0.25) is 11.8 Å². The van der Waals surface area contributed by atoms with Crippen molar-refractivity contribution in [2.24, 2.45) is 17.8 Å². The SMILES string of the molecule is C/C(=C\c1ccc(CO)o1)CC[C@H]1OC[C@H]2C1=C(CO)C[C@H]1C(=O)N(c3ccccc3)C(=O)[C@H]12. The summed E-state index contributed by atoms with van der Waals surface area (Å²) in [6.07, 6.45) is 3.63. The molecule has 4 atom stereocenters. The number of allylic oxidation sites excluding steroid dienone is 1. The van der Waals surface area contributed by atoms with E-state index < -0.39 is 11.8 Å². The lowest BCUT2D eigenvalue weighted by molar-refractivity contribution is -0.122. The summed E-state index contributed by atoms with van der Waals surface area (Å²) in [7, 11) is 0. The zero-order valence-corrected chi connectivity index (χ0v) is 19.1. The number of anilines is 1. The van der Waals surface area contributed by atoms with E-state index in [-0.39, 0.29) is 37.0 Å². The number of rotatable bonds is 7. The molecule has 178 valence electrons. The first kappa shape index (κ1) is 22.8. The van der Waals surface area contributed by atoms with Gasteiger partial charge in [-0.3, -0.25) is 14.5 Å². The van der Waals surface area contributed by atoms with Gasteiger partial charge in [0.25, 0.3) is 0 Å². The van der Waals surface area contributed by atoms with Crippen LogP contribution in [0.1, 0.15) is 37.7 Å². The molecule has 2 aromatic rings. The normalized spacial score (nSPS) is 26.9. The summed E-state index contributed by atoms with van der Waals surface area (Å²) in [5.74, 6) is -0.216. The summed E-state index contributed by atoms with van der Waals surface area (Å²) in [5, 5.41) is 19.3. The molecule has 7 heteroatoms. The lowest BCUT2D eigenvalue weighted by Crippen LogP contribution is -2.35. The third-order valence-corrected chi connectivity index (χ3v) is 7.24. The maximum absolute atomic E-state index is 13.4. The summed E-state index contributed by atoms with van der Waals surface area (Å²) in [6, 6.07) is 12.6. The average Bonchev–Trinajstić information content (AvgIpc) is 3.54. The van der Waals surface area contributed by atoms with E-state index in [1.165, 1.54) is 4.90 Å². The molecule has 0 radical (unpaired) electrons. The molecule has 2 aliphatic heterocycles. The Labute approximate surface area is 198 Å². The fourth-order valence-electron chi connectivity index (χ4n) is 5.68. The van der Waals surface area contributed by atoms with Crippen molar-refractivity contribution in [2.45, 2.75) is 38.9 Å². The maximum atomic E-state index is 13.4. The quantitative estimate of drug-likeness (QED) is 0.482. The van der Waals surface area contributed by atoms with E-state index in [2.05, 4.69) is 0 Å². The minimum Gasteiger partial charge on any atom is -0.459 e. The van der Waals surface area contributed by atoms with Gasteiger partial charge in [-0.25, -0.2) is 0 Å². The highest BCUT2D eigenvalue weighted by molar-refractivity contribution is 6.22. The number of aliphatic hydroxyl groups excluding tert-OH is 2. The van der Waals surface area contributed by atoms with Gasteiger partial charge in [0.05, 0.1) is 36.8 Å². The van der Waals surface area contributed by atoms with Crippen LogP contribution in [0.2, 0.25) is 0 Å². The summed E-state index contributed by atoms with van der Waals surface area (Å²) < 4.78 is 11.7. The Hall–Kier alpha value is -3.00. The first-order valence-electron chi connectivity index (χ1n) is 11.8. The van der Waals surface area contributed by atoms with E-state index in [4.69, 9.17) is 14.3 Å². The van der Waals surface area contributed by atoms with Gasteiger partial charge in [-0.05, 0) is 67.7 Å². The molecule has 2 saturated heterocycles. The number of carbonyl (C=O) groups excluding carboxylic acids is 2. The Kier molecular flexibility index (Phi) is 6.25. The number of furan rings is 1. The second kappa shape index (κ2) is 9.33. The van der Waals surface area contributed by atoms with E-state index in [1.54, 1.807) is 18.2 Å². The van der Waals surface area contributed by atoms with Gasteiger partial charge in [-0.1, -0.05) is 23.8 Å². The van der Waals surface area contributed by atoms with Gasteiger partial charge in [0.1, 0.15) is 18.1 Å². The van der Waals surface area contributed by atoms with Gasteiger partial charge in [0.15, 0.2) is 0 Å². The molecule has 1 aliphatic carbocycles. The van der Waals surface area contributed by atoms with Crippen molar-refractivity contribution in [1.82, 2.24) is 0 Å². The van der Waals surface area contributed by atoms with Crippen LogP contribution in [0.25, 0.3) is 6.08 Å². The number of imide groups is 1. The molecule has 2 amide bonds. The molecule has 5 rings (SSSR count). The van der Waals surface area contributed by atoms with Crippen LogP contribution in [0.4, 0.5) is 5.69 Å². The number of amides is 2. The van der Waals surface area contributed by atoms with Gasteiger partial charge in [-0.2, -0.15) is 0 Å². The lowest BCUT2D eigenvalue weighted by atomic mass is 9.69. The van der Waals surface area contributed by atoms with Crippen LogP contribution in [0, 0.1) is 17.8 Å². The second-order valence-electron chi connectivity index (χ2n) is 9.32. The van der Waals surface area contributed by atoms with E-state index in [1.807, 2.05) is 37.3 Å². The number of carbonyl (C=O) groups is 2. The van der Waals surface area contributed by atoms with Crippen LogP contribution in [0.15, 0.2) is 63.6 Å². The molecule has 7 nitrogen and oxygen atoms in total. The van der Waals surface area contributed by atoms with Gasteiger partial charge in [-0.15, -0.1) is 0 Å². The molecule has 0 saturated carbocycles. The standard InChI is InChI=1S/C27H29NO6/c1-16(11-19-8-9-20(14-30)34-19)7-10-23-24-17(13-29)12-21-25(22(24)15-33-23)27(32)28(26(21)31)18-5-3-2-4-6-18/h2-6,8-9,11,21-23,25,29-30H,7,10,12-15H2,1H3/b16-11+/t21-,22+,23-,25-/m1/s1. The Morgan fingerprint density at radius 1 is 1.06 bits per heavy atom. The smallest absolute Gasteiger partial charge is 0.238 e. The minimum absolute atomic E-state index is 0.132. The number of nitrogens with zero attached hydrogens (tertiary/aromatic N) is 1. The summed E-state index contributed by atoms with van der Waals surface area (Å²) in [5.41, 5.74) is 3.55. The Bertz CT molecular complexity index is 1150. The van der Waals surface area contributed by atoms with Crippen molar-refractivity contribution in [2.75, 3.05) is 18.1 Å². The van der Waals surface area contributed by atoms with Crippen LogP contribution < -0.4 is 4.90 Å². The molecule has 2 N–H and O–H groups in total. The number of benzene rings is 1. The van der Waals surface area contributed by atoms with Crippen molar-refractivity contribution in [3.8, 4) is 0 Å². The van der Waals surface area contributed by atoms with Gasteiger partial charge < -0.3 is 19.4 Å². The summed E-state index contributed by atoms with van der Waals surface area (Å²) in [4.78, 5) is 28.0. The number of hydrogen-bond donors (Lipinski definition) is 2. The van der Waals surface area contributed by atoms with Crippen molar-refractivity contribution in [1.29, 1.82) is 0 Å². The van der Waals surface area contributed by atoms with Crippen molar-refractivity contribution >= 4 is 23.6 Å². The van der Waals surface area contributed by atoms with Gasteiger partial charge >= 0.3 is 0 Å². The number of para-hydroxylation sites is 1. The molecule has 0 unspecified atom stereocenters. The lowest BCUT2D eigenvalue weighted by Gasteiger charge is -2.31. The Morgan fingerprint density at radius 3 is 2.56 bits per heavy atom. The Morgan fingerprint density at radius 2 is 1.85 bits per heavy atom. The summed E-state index contributed by atoms with van der Waals surface area (Å²) >= 11 is 0. The average molecular weight is 464 g/mol. The third-order valence-electron chi connectivity index (χ3n) is 7.24. The van der Waals surface area contributed by atoms with Crippen molar-refractivity contribution in [3.63, 3.8) is 0 Å². The molecule has 0 spiro atoms. The highest BCUT2D eigenvalue weighted by Gasteiger charge is 2.57. The highest BCUT2D eigenvalue weighted by atomic mass is 16.5. The zero-order valence-electron chi connectivity index (χ0n) is 19.1. The highest BCUT2D eigenvalue weighted by Crippen LogP contribution is 2.50. The molecular formula is C27H29NO6. The van der Waals surface area contributed by atoms with Crippen LogP contribution >= 0.6 is 0 Å². The topological polar surface area (TPSA) is 100 Å². The Balaban J connectivity index is 1.34. The van der Waals surface area contributed by atoms with Crippen LogP contribution in [-0.2, 0) is 20.9 Å². The first-order chi connectivity index (χ1) is 16.5. The largest absolute Gasteiger partial charge is 0.459 e. The molecule has 3 aliphatic rings. The van der Waals surface area contributed by atoms with Crippen molar-refractivity contribution in [3.05, 3.63) is 70.7 Å². The van der Waals surface area contributed by atoms with E-state index >= 15 is 0 Å². The number of ether oxygens (including phenoxy) is 1. The molecule has 1 aromatic heterocycles. The molecule has 3 heterocycles. The molecule has 2 fully saturated rings. The summed E-state index contributed by atoms with van der Waals surface area (Å²) in [6.45, 7) is 2.13. The first-order valence-corrected chi connectivity index (χ1v) is 11.8. The minimum atomic E-state index is -0.452. The molecule has 1 aromatic carbocycles. The fraction of sp³-hybridized carbons (Fsp3) is 0.407. The van der Waals surface area contributed by atoms with Crippen LogP contribution in [-0.4, -0.2) is 41.3 Å².